The van der Waals surface area contributed by atoms with Crippen molar-refractivity contribution in [1.29, 1.82) is 0 Å². The summed E-state index contributed by atoms with van der Waals surface area (Å²) in [4.78, 5) is 14.1. The number of urea groups is 1. The van der Waals surface area contributed by atoms with Gasteiger partial charge in [0, 0.05) is 31.2 Å². The van der Waals surface area contributed by atoms with Gasteiger partial charge in [-0.05, 0) is 31.6 Å². The Morgan fingerprint density at radius 3 is 2.88 bits per heavy atom. The van der Waals surface area contributed by atoms with E-state index in [1.807, 2.05) is 4.90 Å². The molecule has 1 aliphatic carbocycles. The van der Waals surface area contributed by atoms with Crippen molar-refractivity contribution in [2.24, 2.45) is 11.3 Å². The standard InChI is InChI=1S/C13H22N2O2/c1-10-6-11(7-10)14-12(16)15-4-2-13(8-15)3-5-17-9-13/h10-11H,2-9H2,1H3,(H,14,16). The molecule has 3 fully saturated rings. The maximum Gasteiger partial charge on any atom is 0.317 e. The Labute approximate surface area is 103 Å². The first-order chi connectivity index (χ1) is 8.17. The fourth-order valence-corrected chi connectivity index (χ4v) is 3.37. The number of carbonyl (C=O) groups is 1. The van der Waals surface area contributed by atoms with Crippen molar-refractivity contribution in [3.8, 4) is 0 Å². The Morgan fingerprint density at radius 2 is 2.24 bits per heavy atom. The van der Waals surface area contributed by atoms with E-state index >= 15 is 0 Å². The molecule has 0 aromatic carbocycles. The number of nitrogens with one attached hydrogen (secondary N) is 1. The van der Waals surface area contributed by atoms with Crippen LogP contribution < -0.4 is 5.32 Å². The van der Waals surface area contributed by atoms with Gasteiger partial charge < -0.3 is 15.0 Å². The van der Waals surface area contributed by atoms with Gasteiger partial charge in [-0.1, -0.05) is 6.92 Å². The molecule has 0 bridgehead atoms. The molecule has 4 heteroatoms. The smallest absolute Gasteiger partial charge is 0.317 e. The molecule has 2 aliphatic heterocycles. The quantitative estimate of drug-likeness (QED) is 0.754. The Bertz CT molecular complexity index is 307. The van der Waals surface area contributed by atoms with Crippen LogP contribution in [0.15, 0.2) is 0 Å². The highest BCUT2D eigenvalue weighted by atomic mass is 16.5. The van der Waals surface area contributed by atoms with E-state index in [1.165, 1.54) is 0 Å². The van der Waals surface area contributed by atoms with Gasteiger partial charge in [-0.3, -0.25) is 0 Å². The van der Waals surface area contributed by atoms with Gasteiger partial charge in [-0.25, -0.2) is 4.79 Å². The number of hydrogen-bond acceptors (Lipinski definition) is 2. The lowest BCUT2D eigenvalue weighted by atomic mass is 9.82. The molecular formula is C13H22N2O2. The minimum absolute atomic E-state index is 0.144. The number of rotatable bonds is 1. The van der Waals surface area contributed by atoms with Crippen LogP contribution >= 0.6 is 0 Å². The highest BCUT2D eigenvalue weighted by Gasteiger charge is 2.43. The van der Waals surface area contributed by atoms with Crippen LogP contribution in [0.1, 0.15) is 32.6 Å². The fraction of sp³-hybridized carbons (Fsp3) is 0.923. The predicted molar refractivity (Wildman–Crippen MR) is 64.8 cm³/mol. The SMILES string of the molecule is CC1CC(NC(=O)N2CCC3(CCOC3)C2)C1. The maximum absolute atomic E-state index is 12.1. The van der Waals surface area contributed by atoms with E-state index in [1.54, 1.807) is 0 Å². The highest BCUT2D eigenvalue weighted by molar-refractivity contribution is 5.75. The van der Waals surface area contributed by atoms with Crippen molar-refractivity contribution in [3.63, 3.8) is 0 Å². The summed E-state index contributed by atoms with van der Waals surface area (Å²) in [6.45, 7) is 5.74. The van der Waals surface area contributed by atoms with Crippen LogP contribution in [0.4, 0.5) is 4.79 Å². The lowest BCUT2D eigenvalue weighted by Gasteiger charge is -2.34. The summed E-state index contributed by atoms with van der Waals surface area (Å²) in [5.74, 6) is 0.786. The molecule has 2 heterocycles. The molecule has 1 saturated carbocycles. The minimum Gasteiger partial charge on any atom is -0.381 e. The lowest BCUT2D eigenvalue weighted by molar-refractivity contribution is 0.149. The first-order valence-corrected chi connectivity index (χ1v) is 6.80. The lowest BCUT2D eigenvalue weighted by Crippen LogP contribution is -2.49. The van der Waals surface area contributed by atoms with E-state index in [0.717, 1.165) is 57.9 Å². The summed E-state index contributed by atoms with van der Waals surface area (Å²) in [7, 11) is 0. The summed E-state index contributed by atoms with van der Waals surface area (Å²) < 4.78 is 5.48. The molecule has 1 atom stereocenters. The van der Waals surface area contributed by atoms with E-state index in [9.17, 15) is 4.79 Å². The highest BCUT2D eigenvalue weighted by Crippen LogP contribution is 2.38. The van der Waals surface area contributed by atoms with Crippen LogP contribution in [-0.4, -0.2) is 43.3 Å². The summed E-state index contributed by atoms with van der Waals surface area (Å²) in [5, 5.41) is 3.14. The van der Waals surface area contributed by atoms with E-state index < -0.39 is 0 Å². The van der Waals surface area contributed by atoms with Crippen LogP contribution in [0.25, 0.3) is 0 Å². The van der Waals surface area contributed by atoms with Gasteiger partial charge in [0.25, 0.3) is 0 Å². The Balaban J connectivity index is 1.50. The topological polar surface area (TPSA) is 41.6 Å². The second kappa shape index (κ2) is 4.16. The van der Waals surface area contributed by atoms with Crippen molar-refractivity contribution in [3.05, 3.63) is 0 Å². The van der Waals surface area contributed by atoms with Crippen LogP contribution in [0.3, 0.4) is 0 Å². The van der Waals surface area contributed by atoms with Crippen LogP contribution in [-0.2, 0) is 4.74 Å². The largest absolute Gasteiger partial charge is 0.381 e. The number of ether oxygens (including phenoxy) is 1. The van der Waals surface area contributed by atoms with Crippen molar-refractivity contribution in [2.75, 3.05) is 26.3 Å². The average molecular weight is 238 g/mol. The molecule has 0 radical (unpaired) electrons. The zero-order valence-electron chi connectivity index (χ0n) is 10.6. The Hall–Kier alpha value is -0.770. The van der Waals surface area contributed by atoms with E-state index in [4.69, 9.17) is 4.74 Å². The Morgan fingerprint density at radius 1 is 1.41 bits per heavy atom. The Kier molecular flexibility index (Phi) is 2.77. The normalized spacial score (nSPS) is 40.6. The average Bonchev–Trinajstić information content (AvgIpc) is 2.88. The second-order valence-corrected chi connectivity index (χ2v) is 6.20. The monoisotopic (exact) mass is 238 g/mol. The predicted octanol–water partition coefficient (Wildman–Crippen LogP) is 1.61. The third kappa shape index (κ3) is 2.15. The molecule has 1 unspecified atom stereocenters. The molecule has 0 aromatic rings. The molecule has 1 N–H and O–H groups in total. The zero-order chi connectivity index (χ0) is 11.9. The molecule has 2 saturated heterocycles. The number of amides is 2. The molecule has 1 spiro atoms. The van der Waals surface area contributed by atoms with Crippen molar-refractivity contribution in [1.82, 2.24) is 10.2 Å². The van der Waals surface area contributed by atoms with E-state index in [0.29, 0.717) is 6.04 Å². The van der Waals surface area contributed by atoms with Crippen molar-refractivity contribution in [2.45, 2.75) is 38.6 Å². The van der Waals surface area contributed by atoms with E-state index in [2.05, 4.69) is 12.2 Å². The first-order valence-electron chi connectivity index (χ1n) is 6.80. The molecule has 4 nitrogen and oxygen atoms in total. The number of carbonyl (C=O) groups excluding carboxylic acids is 1. The van der Waals surface area contributed by atoms with Crippen molar-refractivity contribution >= 4 is 6.03 Å². The third-order valence-electron chi connectivity index (χ3n) is 4.61. The van der Waals surface area contributed by atoms with Gasteiger partial charge >= 0.3 is 6.03 Å². The molecule has 3 aliphatic rings. The number of hydrogen-bond donors (Lipinski definition) is 1. The minimum atomic E-state index is 0.144. The first kappa shape index (κ1) is 11.3. The number of nitrogens with zero attached hydrogens (tertiary/aromatic N) is 1. The van der Waals surface area contributed by atoms with Crippen LogP contribution in [0.5, 0.6) is 0 Å². The fourth-order valence-electron chi connectivity index (χ4n) is 3.37. The summed E-state index contributed by atoms with van der Waals surface area (Å²) in [5.41, 5.74) is 0.282. The molecule has 2 amide bonds. The van der Waals surface area contributed by atoms with Gasteiger partial charge in [0.15, 0.2) is 0 Å². The second-order valence-electron chi connectivity index (χ2n) is 6.20. The molecule has 0 aromatic heterocycles. The van der Waals surface area contributed by atoms with Gasteiger partial charge in [-0.2, -0.15) is 0 Å². The molecule has 17 heavy (non-hydrogen) atoms. The zero-order valence-corrected chi connectivity index (χ0v) is 10.6. The van der Waals surface area contributed by atoms with Crippen molar-refractivity contribution < 1.29 is 9.53 Å². The summed E-state index contributed by atoms with van der Waals surface area (Å²) in [6, 6.07) is 0.569. The number of likely N-dealkylation sites (tertiary alicyclic amines) is 1. The van der Waals surface area contributed by atoms with Gasteiger partial charge in [0.2, 0.25) is 0 Å². The van der Waals surface area contributed by atoms with Gasteiger partial charge in [0.1, 0.15) is 0 Å². The third-order valence-corrected chi connectivity index (χ3v) is 4.61. The molecular weight excluding hydrogens is 216 g/mol. The van der Waals surface area contributed by atoms with Gasteiger partial charge in [-0.15, -0.1) is 0 Å². The molecule has 3 rings (SSSR count). The van der Waals surface area contributed by atoms with Crippen LogP contribution in [0, 0.1) is 11.3 Å². The van der Waals surface area contributed by atoms with Gasteiger partial charge in [0.05, 0.1) is 6.61 Å². The summed E-state index contributed by atoms with van der Waals surface area (Å²) >= 11 is 0. The summed E-state index contributed by atoms with van der Waals surface area (Å²) in [6.07, 6.45) is 4.53. The van der Waals surface area contributed by atoms with E-state index in [-0.39, 0.29) is 11.4 Å². The molecule has 96 valence electrons. The van der Waals surface area contributed by atoms with Crippen LogP contribution in [0.2, 0.25) is 0 Å². The maximum atomic E-state index is 12.1.